The Labute approximate surface area is 130 Å². The fourth-order valence-electron chi connectivity index (χ4n) is 3.01. The average Bonchev–Trinajstić information content (AvgIpc) is 2.92. The van der Waals surface area contributed by atoms with Gasteiger partial charge >= 0.3 is 5.97 Å². The van der Waals surface area contributed by atoms with Gasteiger partial charge in [0.15, 0.2) is 5.79 Å². The van der Waals surface area contributed by atoms with E-state index in [-0.39, 0.29) is 19.8 Å². The first-order valence-corrected chi connectivity index (χ1v) is 7.97. The van der Waals surface area contributed by atoms with Crippen molar-refractivity contribution in [2.45, 2.75) is 63.2 Å². The van der Waals surface area contributed by atoms with Gasteiger partial charge in [-0.1, -0.05) is 12.5 Å². The predicted molar refractivity (Wildman–Crippen MR) is 78.1 cm³/mol. The Morgan fingerprint density at radius 2 is 2.18 bits per heavy atom. The second-order valence-corrected chi connectivity index (χ2v) is 5.68. The van der Waals surface area contributed by atoms with E-state index in [1.807, 2.05) is 0 Å². The minimum atomic E-state index is -1.90. The lowest BCUT2D eigenvalue weighted by Gasteiger charge is -2.33. The Morgan fingerprint density at radius 1 is 1.45 bits per heavy atom. The molecule has 2 aliphatic rings. The molecule has 126 valence electrons. The second kappa shape index (κ2) is 8.04. The molecule has 1 spiro atoms. The van der Waals surface area contributed by atoms with Crippen LogP contribution in [0.15, 0.2) is 12.7 Å². The zero-order chi connectivity index (χ0) is 16.0. The summed E-state index contributed by atoms with van der Waals surface area (Å²) in [6, 6.07) is 0. The number of alkyl halides is 1. The molecule has 6 heteroatoms. The highest BCUT2D eigenvalue weighted by Gasteiger charge is 2.48. The van der Waals surface area contributed by atoms with Gasteiger partial charge in [0.2, 0.25) is 6.17 Å². The van der Waals surface area contributed by atoms with E-state index in [1.165, 1.54) is 6.08 Å². The molecule has 0 radical (unpaired) electrons. The monoisotopic (exact) mass is 316 g/mol. The molecule has 2 fully saturated rings. The maximum atomic E-state index is 14.4. The summed E-state index contributed by atoms with van der Waals surface area (Å²) in [5.41, 5.74) is 0. The van der Waals surface area contributed by atoms with Gasteiger partial charge < -0.3 is 18.9 Å². The predicted octanol–water partition coefficient (Wildman–Crippen LogP) is 2.53. The maximum Gasteiger partial charge on any atom is 0.343 e. The van der Waals surface area contributed by atoms with Crippen LogP contribution >= 0.6 is 0 Å². The van der Waals surface area contributed by atoms with Crippen molar-refractivity contribution in [3.8, 4) is 0 Å². The van der Waals surface area contributed by atoms with Gasteiger partial charge in [-0.15, -0.1) is 6.58 Å². The van der Waals surface area contributed by atoms with Gasteiger partial charge in [0.1, 0.15) is 12.2 Å². The molecule has 2 rings (SSSR count). The average molecular weight is 316 g/mol. The third-order valence-electron chi connectivity index (χ3n) is 4.07. The molecule has 1 saturated heterocycles. The minimum Gasteiger partial charge on any atom is -0.464 e. The van der Waals surface area contributed by atoms with E-state index in [0.717, 1.165) is 32.1 Å². The molecule has 1 saturated carbocycles. The molecule has 0 amide bonds. The summed E-state index contributed by atoms with van der Waals surface area (Å²) in [7, 11) is 0. The molecule has 22 heavy (non-hydrogen) atoms. The van der Waals surface area contributed by atoms with Crippen molar-refractivity contribution in [1.29, 1.82) is 0 Å². The van der Waals surface area contributed by atoms with Crippen molar-refractivity contribution >= 4 is 5.97 Å². The quantitative estimate of drug-likeness (QED) is 0.534. The normalized spacial score (nSPS) is 26.5. The Balaban J connectivity index is 2.02. The van der Waals surface area contributed by atoms with Crippen LogP contribution < -0.4 is 0 Å². The zero-order valence-electron chi connectivity index (χ0n) is 13.1. The van der Waals surface area contributed by atoms with Crippen LogP contribution in [0.25, 0.3) is 0 Å². The Kier molecular flexibility index (Phi) is 6.35. The van der Waals surface area contributed by atoms with E-state index < -0.39 is 30.1 Å². The van der Waals surface area contributed by atoms with Crippen LogP contribution in [-0.4, -0.2) is 50.0 Å². The van der Waals surface area contributed by atoms with E-state index in [4.69, 9.17) is 18.9 Å². The van der Waals surface area contributed by atoms with Crippen molar-refractivity contribution < 1.29 is 28.1 Å². The highest BCUT2D eigenvalue weighted by Crippen LogP contribution is 2.39. The highest BCUT2D eigenvalue weighted by atomic mass is 19.1. The second-order valence-electron chi connectivity index (χ2n) is 5.68. The summed E-state index contributed by atoms with van der Waals surface area (Å²) in [4.78, 5) is 11.7. The first kappa shape index (κ1) is 17.4. The standard InChI is InChI=1S/C16H25FO5/c1-3-10-20-14(13(17)15(18)19-4-2)12-11-21-16(22-12)8-6-5-7-9-16/h3,12-14H,1,4-11H2,2H3/t12-,13+,14-/m1/s1. The Bertz CT molecular complexity index is 381. The SMILES string of the molecule is C=CCO[C@@H]([C@H](F)C(=O)OCC)[C@H]1COC2(CCCCC2)O1. The summed E-state index contributed by atoms with van der Waals surface area (Å²) in [6.45, 7) is 5.67. The van der Waals surface area contributed by atoms with Gasteiger partial charge in [0.25, 0.3) is 0 Å². The smallest absolute Gasteiger partial charge is 0.343 e. The van der Waals surface area contributed by atoms with Gasteiger partial charge in [-0.05, 0) is 19.8 Å². The molecule has 5 nitrogen and oxygen atoms in total. The molecule has 0 bridgehead atoms. The number of esters is 1. The Hall–Kier alpha value is -0.980. The molecule has 1 aliphatic carbocycles. The summed E-state index contributed by atoms with van der Waals surface area (Å²) in [5, 5.41) is 0. The molecule has 1 aliphatic heterocycles. The molecule has 0 aromatic heterocycles. The fraction of sp³-hybridized carbons (Fsp3) is 0.812. The largest absolute Gasteiger partial charge is 0.464 e. The molecule has 0 unspecified atom stereocenters. The lowest BCUT2D eigenvalue weighted by atomic mass is 9.94. The summed E-state index contributed by atoms with van der Waals surface area (Å²) < 4.78 is 36.4. The molecular formula is C16H25FO5. The van der Waals surface area contributed by atoms with Crippen LogP contribution in [0.1, 0.15) is 39.0 Å². The summed E-state index contributed by atoms with van der Waals surface area (Å²) >= 11 is 0. The van der Waals surface area contributed by atoms with Crippen molar-refractivity contribution in [3.63, 3.8) is 0 Å². The first-order valence-electron chi connectivity index (χ1n) is 7.97. The number of hydrogen-bond acceptors (Lipinski definition) is 5. The van der Waals surface area contributed by atoms with Gasteiger partial charge in [-0.25, -0.2) is 9.18 Å². The number of carbonyl (C=O) groups excluding carboxylic acids is 1. The van der Waals surface area contributed by atoms with Crippen LogP contribution in [0, 0.1) is 0 Å². The highest BCUT2D eigenvalue weighted by molar-refractivity contribution is 5.75. The zero-order valence-corrected chi connectivity index (χ0v) is 13.1. The fourth-order valence-corrected chi connectivity index (χ4v) is 3.01. The lowest BCUT2D eigenvalue weighted by molar-refractivity contribution is -0.204. The topological polar surface area (TPSA) is 54.0 Å². The van der Waals surface area contributed by atoms with Gasteiger partial charge in [0, 0.05) is 12.8 Å². The van der Waals surface area contributed by atoms with E-state index in [0.29, 0.717) is 0 Å². The molecule has 1 heterocycles. The van der Waals surface area contributed by atoms with Gasteiger partial charge in [-0.2, -0.15) is 0 Å². The van der Waals surface area contributed by atoms with Crippen molar-refractivity contribution in [3.05, 3.63) is 12.7 Å². The van der Waals surface area contributed by atoms with E-state index in [9.17, 15) is 9.18 Å². The van der Waals surface area contributed by atoms with Crippen molar-refractivity contribution in [2.24, 2.45) is 0 Å². The molecule has 3 atom stereocenters. The molecule has 0 aromatic rings. The lowest BCUT2D eigenvalue weighted by Crippen LogP contribution is -2.45. The van der Waals surface area contributed by atoms with E-state index in [1.54, 1.807) is 6.92 Å². The summed E-state index contributed by atoms with van der Waals surface area (Å²) in [6.07, 6.45) is 2.77. The number of halogens is 1. The van der Waals surface area contributed by atoms with E-state index >= 15 is 0 Å². The first-order chi connectivity index (χ1) is 10.6. The third kappa shape index (κ3) is 4.06. The molecule has 0 N–H and O–H groups in total. The van der Waals surface area contributed by atoms with Crippen LogP contribution in [0.2, 0.25) is 0 Å². The van der Waals surface area contributed by atoms with Crippen LogP contribution in [0.4, 0.5) is 4.39 Å². The number of ether oxygens (including phenoxy) is 4. The van der Waals surface area contributed by atoms with Crippen LogP contribution in [-0.2, 0) is 23.7 Å². The van der Waals surface area contributed by atoms with Crippen molar-refractivity contribution in [1.82, 2.24) is 0 Å². The summed E-state index contributed by atoms with van der Waals surface area (Å²) in [5.74, 6) is -1.56. The molecule has 0 aromatic carbocycles. The van der Waals surface area contributed by atoms with Gasteiger partial charge in [-0.3, -0.25) is 0 Å². The number of carbonyl (C=O) groups is 1. The molecular weight excluding hydrogens is 291 g/mol. The van der Waals surface area contributed by atoms with E-state index in [2.05, 4.69) is 6.58 Å². The van der Waals surface area contributed by atoms with Crippen LogP contribution in [0.3, 0.4) is 0 Å². The third-order valence-corrected chi connectivity index (χ3v) is 4.07. The number of hydrogen-bond donors (Lipinski definition) is 0. The maximum absolute atomic E-state index is 14.4. The number of rotatable bonds is 7. The minimum absolute atomic E-state index is 0.124. The van der Waals surface area contributed by atoms with Crippen LogP contribution in [0.5, 0.6) is 0 Å². The Morgan fingerprint density at radius 3 is 2.82 bits per heavy atom. The van der Waals surface area contributed by atoms with Gasteiger partial charge in [0.05, 0.1) is 19.8 Å². The van der Waals surface area contributed by atoms with Crippen molar-refractivity contribution in [2.75, 3.05) is 19.8 Å².